The van der Waals surface area contributed by atoms with Gasteiger partial charge in [-0.25, -0.2) is 4.79 Å². The number of hydrogen-bond donors (Lipinski definition) is 0. The molecule has 0 saturated carbocycles. The number of benzene rings is 2. The van der Waals surface area contributed by atoms with Crippen LogP contribution in [-0.2, 0) is 17.7 Å². The number of hydrogen-bond acceptors (Lipinski definition) is 6. The molecule has 0 unspecified atom stereocenters. The van der Waals surface area contributed by atoms with Gasteiger partial charge in [0.15, 0.2) is 0 Å². The summed E-state index contributed by atoms with van der Waals surface area (Å²) in [5.41, 5.74) is 2.86. The van der Waals surface area contributed by atoms with Crippen molar-refractivity contribution in [1.29, 1.82) is 0 Å². The molecule has 1 aliphatic rings. The number of nitro benzene ring substituents is 1. The zero-order valence-electron chi connectivity index (χ0n) is 14.0. The van der Waals surface area contributed by atoms with Gasteiger partial charge in [-0.15, -0.1) is 0 Å². The Morgan fingerprint density at radius 1 is 1.24 bits per heavy atom. The Hall–Kier alpha value is -3.09. The third-order valence-corrected chi connectivity index (χ3v) is 4.38. The highest BCUT2D eigenvalue weighted by atomic mass is 16.6. The van der Waals surface area contributed by atoms with E-state index < -0.39 is 10.9 Å². The fourth-order valence-electron chi connectivity index (χ4n) is 3.15. The Kier molecular flexibility index (Phi) is 4.56. The molecule has 0 amide bonds. The molecule has 0 N–H and O–H groups in total. The maximum atomic E-state index is 11.8. The van der Waals surface area contributed by atoms with Crippen molar-refractivity contribution in [3.05, 3.63) is 63.2 Å². The number of nitro groups is 1. The first-order valence-corrected chi connectivity index (χ1v) is 7.81. The minimum absolute atomic E-state index is 0.0287. The number of nitrogens with zero attached hydrogens (tertiary/aromatic N) is 2. The van der Waals surface area contributed by atoms with Gasteiger partial charge in [0.25, 0.3) is 5.69 Å². The largest absolute Gasteiger partial charge is 0.496 e. The van der Waals surface area contributed by atoms with Crippen molar-refractivity contribution < 1.29 is 19.2 Å². The summed E-state index contributed by atoms with van der Waals surface area (Å²) in [5, 5.41) is 11.4. The quantitative estimate of drug-likeness (QED) is 0.483. The fourth-order valence-corrected chi connectivity index (χ4v) is 3.15. The number of ether oxygens (including phenoxy) is 2. The summed E-state index contributed by atoms with van der Waals surface area (Å²) in [4.78, 5) is 24.7. The molecule has 3 rings (SSSR count). The lowest BCUT2D eigenvalue weighted by Crippen LogP contribution is -2.31. The highest BCUT2D eigenvalue weighted by Gasteiger charge is 2.26. The summed E-state index contributed by atoms with van der Waals surface area (Å²) < 4.78 is 10.1. The average Bonchev–Trinajstić information content (AvgIpc) is 2.65. The molecule has 0 bridgehead atoms. The predicted octanol–water partition coefficient (Wildman–Crippen LogP) is 2.95. The van der Waals surface area contributed by atoms with Crippen molar-refractivity contribution in [2.24, 2.45) is 0 Å². The molecule has 0 saturated heterocycles. The third kappa shape index (κ3) is 3.13. The molecule has 7 heteroatoms. The van der Waals surface area contributed by atoms with Crippen LogP contribution in [0.1, 0.15) is 21.5 Å². The summed E-state index contributed by atoms with van der Waals surface area (Å²) in [6.07, 6.45) is 0.707. The summed E-state index contributed by atoms with van der Waals surface area (Å²) in [6.45, 7) is 1.11. The number of anilines is 1. The monoisotopic (exact) mass is 342 g/mol. The van der Waals surface area contributed by atoms with Crippen LogP contribution in [-0.4, -0.2) is 31.7 Å². The average molecular weight is 342 g/mol. The van der Waals surface area contributed by atoms with Gasteiger partial charge in [-0.1, -0.05) is 12.1 Å². The van der Waals surface area contributed by atoms with Crippen molar-refractivity contribution in [1.82, 2.24) is 0 Å². The van der Waals surface area contributed by atoms with Crippen LogP contribution >= 0.6 is 0 Å². The summed E-state index contributed by atoms with van der Waals surface area (Å²) in [6, 6.07) is 10.1. The predicted molar refractivity (Wildman–Crippen MR) is 92.2 cm³/mol. The Morgan fingerprint density at radius 3 is 2.72 bits per heavy atom. The van der Waals surface area contributed by atoms with Gasteiger partial charge in [-0.3, -0.25) is 10.1 Å². The molecular weight excluding hydrogens is 324 g/mol. The lowest BCUT2D eigenvalue weighted by molar-refractivity contribution is -0.384. The Balaban J connectivity index is 2.01. The molecule has 1 heterocycles. The molecule has 2 aromatic carbocycles. The van der Waals surface area contributed by atoms with Gasteiger partial charge >= 0.3 is 5.97 Å². The first-order valence-electron chi connectivity index (χ1n) is 7.81. The highest BCUT2D eigenvalue weighted by Crippen LogP contribution is 2.35. The molecule has 0 aliphatic carbocycles. The van der Waals surface area contributed by atoms with Crippen LogP contribution in [0.5, 0.6) is 5.75 Å². The second kappa shape index (κ2) is 6.80. The van der Waals surface area contributed by atoms with E-state index in [1.807, 2.05) is 23.1 Å². The molecule has 130 valence electrons. The number of fused-ring (bicyclic) bond motifs is 1. The van der Waals surface area contributed by atoms with Crippen LogP contribution in [0.2, 0.25) is 0 Å². The lowest BCUT2D eigenvalue weighted by atomic mass is 9.97. The topological polar surface area (TPSA) is 81.9 Å². The zero-order valence-corrected chi connectivity index (χ0v) is 14.0. The smallest absolute Gasteiger partial charge is 0.337 e. The van der Waals surface area contributed by atoms with Gasteiger partial charge in [-0.05, 0) is 30.2 Å². The first-order chi connectivity index (χ1) is 12.0. The van der Waals surface area contributed by atoms with E-state index >= 15 is 0 Å². The van der Waals surface area contributed by atoms with Crippen molar-refractivity contribution in [2.45, 2.75) is 13.0 Å². The molecule has 0 fully saturated rings. The SMILES string of the molecule is COC(=O)c1ccc([N+](=O)[O-])c(N2CCc3c(cccc3OC)C2)c1. The van der Waals surface area contributed by atoms with Crippen molar-refractivity contribution in [3.63, 3.8) is 0 Å². The van der Waals surface area contributed by atoms with E-state index in [4.69, 9.17) is 9.47 Å². The molecule has 1 aliphatic heterocycles. The molecule has 0 spiro atoms. The van der Waals surface area contributed by atoms with E-state index in [1.54, 1.807) is 7.11 Å². The standard InChI is InChI=1S/C18H18N2O5/c1-24-17-5-3-4-13-11-19(9-8-14(13)17)16-10-12(18(21)25-2)6-7-15(16)20(22)23/h3-7,10H,8-9,11H2,1-2H3. The maximum absolute atomic E-state index is 11.8. The van der Waals surface area contributed by atoms with Gasteiger partial charge in [0, 0.05) is 24.7 Å². The van der Waals surface area contributed by atoms with Crippen molar-refractivity contribution >= 4 is 17.3 Å². The van der Waals surface area contributed by atoms with Gasteiger partial charge in [0.05, 0.1) is 24.7 Å². The molecule has 0 aromatic heterocycles. The number of rotatable bonds is 4. The second-order valence-corrected chi connectivity index (χ2v) is 5.72. The molecular formula is C18H18N2O5. The van der Waals surface area contributed by atoms with E-state index in [2.05, 4.69) is 0 Å². The number of methoxy groups -OCH3 is 2. The molecule has 25 heavy (non-hydrogen) atoms. The maximum Gasteiger partial charge on any atom is 0.337 e. The van der Waals surface area contributed by atoms with Gasteiger partial charge in [0.2, 0.25) is 0 Å². The second-order valence-electron chi connectivity index (χ2n) is 5.72. The van der Waals surface area contributed by atoms with Crippen LogP contribution in [0.3, 0.4) is 0 Å². The molecule has 0 atom stereocenters. The fraction of sp³-hybridized carbons (Fsp3) is 0.278. The molecule has 2 aromatic rings. The van der Waals surface area contributed by atoms with E-state index in [0.29, 0.717) is 30.8 Å². The van der Waals surface area contributed by atoms with Crippen molar-refractivity contribution in [3.8, 4) is 5.75 Å². The number of carbonyl (C=O) groups is 1. The Bertz CT molecular complexity index is 834. The van der Waals surface area contributed by atoms with E-state index in [0.717, 1.165) is 16.9 Å². The third-order valence-electron chi connectivity index (χ3n) is 4.38. The number of esters is 1. The van der Waals surface area contributed by atoms with Crippen LogP contribution in [0.25, 0.3) is 0 Å². The summed E-state index contributed by atoms with van der Waals surface area (Å²) >= 11 is 0. The summed E-state index contributed by atoms with van der Waals surface area (Å²) in [7, 11) is 2.92. The molecule has 0 radical (unpaired) electrons. The van der Waals surface area contributed by atoms with Crippen molar-refractivity contribution in [2.75, 3.05) is 25.7 Å². The normalized spacial score (nSPS) is 13.1. The van der Waals surface area contributed by atoms with Crippen LogP contribution < -0.4 is 9.64 Å². The highest BCUT2D eigenvalue weighted by molar-refractivity contribution is 5.91. The number of carbonyl (C=O) groups excluding carboxylic acids is 1. The zero-order chi connectivity index (χ0) is 18.0. The van der Waals surface area contributed by atoms with Gasteiger partial charge in [-0.2, -0.15) is 0 Å². The minimum Gasteiger partial charge on any atom is -0.496 e. The van der Waals surface area contributed by atoms with Crippen LogP contribution in [0, 0.1) is 10.1 Å². The molecule has 7 nitrogen and oxygen atoms in total. The van der Waals surface area contributed by atoms with Crippen LogP contribution in [0.4, 0.5) is 11.4 Å². The summed E-state index contributed by atoms with van der Waals surface area (Å²) in [5.74, 6) is 0.310. The van der Waals surface area contributed by atoms with E-state index in [-0.39, 0.29) is 5.69 Å². The Labute approximate surface area is 144 Å². The van der Waals surface area contributed by atoms with E-state index in [9.17, 15) is 14.9 Å². The van der Waals surface area contributed by atoms with E-state index in [1.165, 1.54) is 25.3 Å². The van der Waals surface area contributed by atoms with Gasteiger partial charge in [0.1, 0.15) is 11.4 Å². The van der Waals surface area contributed by atoms with Crippen LogP contribution in [0.15, 0.2) is 36.4 Å². The lowest BCUT2D eigenvalue weighted by Gasteiger charge is -2.31. The van der Waals surface area contributed by atoms with Gasteiger partial charge < -0.3 is 14.4 Å². The first kappa shape index (κ1) is 16.8. The minimum atomic E-state index is -0.518. The Morgan fingerprint density at radius 2 is 2.04 bits per heavy atom.